The average Bonchev–Trinajstić information content (AvgIpc) is 2.68. The van der Waals surface area contributed by atoms with Gasteiger partial charge in [0.2, 0.25) is 10.0 Å². The molecule has 1 rings (SSSR count). The third kappa shape index (κ3) is 3.02. The van der Waals surface area contributed by atoms with Crippen LogP contribution in [0.1, 0.15) is 24.8 Å². The summed E-state index contributed by atoms with van der Waals surface area (Å²) in [4.78, 5) is 0.934. The Labute approximate surface area is 93.6 Å². The van der Waals surface area contributed by atoms with Gasteiger partial charge in [-0.15, -0.1) is 11.3 Å². The van der Waals surface area contributed by atoms with Gasteiger partial charge < -0.3 is 0 Å². The van der Waals surface area contributed by atoms with E-state index in [-0.39, 0.29) is 6.04 Å². The summed E-state index contributed by atoms with van der Waals surface area (Å²) in [5.41, 5.74) is 0. The molecule has 4 nitrogen and oxygen atoms in total. The second-order valence-corrected chi connectivity index (χ2v) is 6.18. The molecule has 15 heavy (non-hydrogen) atoms. The van der Waals surface area contributed by atoms with Crippen LogP contribution in [0.3, 0.4) is 0 Å². The van der Waals surface area contributed by atoms with E-state index in [1.807, 2.05) is 17.5 Å². The van der Waals surface area contributed by atoms with Crippen molar-refractivity contribution in [3.05, 3.63) is 22.4 Å². The lowest BCUT2D eigenvalue weighted by atomic mass is 10.3. The quantitative estimate of drug-likeness (QED) is 0.875. The van der Waals surface area contributed by atoms with Crippen LogP contribution in [0, 0.1) is 11.3 Å². The first kappa shape index (κ1) is 12.2. The molecule has 0 aromatic carbocycles. The summed E-state index contributed by atoms with van der Waals surface area (Å²) in [6.07, 6.45) is 0. The molecule has 0 saturated carbocycles. The highest BCUT2D eigenvalue weighted by Gasteiger charge is 2.23. The first-order valence-electron chi connectivity index (χ1n) is 4.41. The van der Waals surface area contributed by atoms with E-state index in [9.17, 15) is 8.42 Å². The van der Waals surface area contributed by atoms with Crippen molar-refractivity contribution in [1.82, 2.24) is 4.72 Å². The fourth-order valence-electron chi connectivity index (χ4n) is 1.01. The molecular formula is C9H12N2O2S2. The highest BCUT2D eigenvalue weighted by atomic mass is 32.2. The molecule has 0 spiro atoms. The Morgan fingerprint density at radius 3 is 2.67 bits per heavy atom. The van der Waals surface area contributed by atoms with Crippen molar-refractivity contribution < 1.29 is 8.42 Å². The van der Waals surface area contributed by atoms with Gasteiger partial charge in [0.1, 0.15) is 0 Å². The van der Waals surface area contributed by atoms with Gasteiger partial charge >= 0.3 is 0 Å². The van der Waals surface area contributed by atoms with Crippen molar-refractivity contribution in [3.8, 4) is 6.07 Å². The maximum atomic E-state index is 11.5. The molecule has 0 aliphatic carbocycles. The minimum Gasteiger partial charge on any atom is -0.211 e. The number of sulfonamides is 1. The zero-order chi connectivity index (χ0) is 11.5. The maximum Gasteiger partial charge on any atom is 0.228 e. The van der Waals surface area contributed by atoms with Crippen LogP contribution >= 0.6 is 11.3 Å². The third-order valence-electron chi connectivity index (χ3n) is 1.96. The molecule has 82 valence electrons. The molecule has 0 fully saturated rings. The standard InChI is InChI=1S/C9H12N2O2S2/c1-7(6-10)15(12,13)11-8(2)9-4-3-5-14-9/h3-5,7-8,11H,1-2H3. The van der Waals surface area contributed by atoms with Crippen molar-refractivity contribution >= 4 is 21.4 Å². The van der Waals surface area contributed by atoms with Crippen LogP contribution in [0.4, 0.5) is 0 Å². The zero-order valence-electron chi connectivity index (χ0n) is 8.47. The van der Waals surface area contributed by atoms with Gasteiger partial charge in [-0.05, 0) is 25.3 Å². The summed E-state index contributed by atoms with van der Waals surface area (Å²) < 4.78 is 25.5. The summed E-state index contributed by atoms with van der Waals surface area (Å²) in [5, 5.41) is 9.40. The molecule has 1 heterocycles. The van der Waals surface area contributed by atoms with E-state index in [1.165, 1.54) is 18.3 Å². The highest BCUT2D eigenvalue weighted by molar-refractivity contribution is 7.90. The fraction of sp³-hybridized carbons (Fsp3) is 0.444. The Bertz CT molecular complexity index is 445. The predicted molar refractivity (Wildman–Crippen MR) is 59.9 cm³/mol. The Morgan fingerprint density at radius 2 is 2.20 bits per heavy atom. The van der Waals surface area contributed by atoms with Gasteiger partial charge in [0.15, 0.2) is 5.25 Å². The molecule has 1 aromatic rings. The molecule has 1 aromatic heterocycles. The van der Waals surface area contributed by atoms with E-state index in [0.717, 1.165) is 4.88 Å². The predicted octanol–water partition coefficient (Wildman–Crippen LogP) is 1.64. The lowest BCUT2D eigenvalue weighted by molar-refractivity contribution is 0.564. The molecule has 6 heteroatoms. The highest BCUT2D eigenvalue weighted by Crippen LogP contribution is 2.19. The van der Waals surface area contributed by atoms with Crippen LogP contribution in [0.25, 0.3) is 0 Å². The summed E-state index contributed by atoms with van der Waals surface area (Å²) in [6.45, 7) is 3.12. The SMILES string of the molecule is CC(NS(=O)(=O)C(C)C#N)c1cccs1. The van der Waals surface area contributed by atoms with Gasteiger partial charge in [0.05, 0.1) is 12.1 Å². The number of nitriles is 1. The van der Waals surface area contributed by atoms with Gasteiger partial charge in [0, 0.05) is 4.88 Å². The van der Waals surface area contributed by atoms with Crippen molar-refractivity contribution in [2.75, 3.05) is 0 Å². The smallest absolute Gasteiger partial charge is 0.211 e. The molecule has 1 N–H and O–H groups in total. The lowest BCUT2D eigenvalue weighted by Gasteiger charge is -2.13. The first-order valence-corrected chi connectivity index (χ1v) is 6.84. The molecule has 0 radical (unpaired) electrons. The summed E-state index contributed by atoms with van der Waals surface area (Å²) in [5.74, 6) is 0. The van der Waals surface area contributed by atoms with Gasteiger partial charge in [-0.2, -0.15) is 5.26 Å². The number of nitrogens with zero attached hydrogens (tertiary/aromatic N) is 1. The van der Waals surface area contributed by atoms with E-state index in [1.54, 1.807) is 13.0 Å². The number of hydrogen-bond donors (Lipinski definition) is 1. The van der Waals surface area contributed by atoms with E-state index in [2.05, 4.69) is 4.72 Å². The van der Waals surface area contributed by atoms with Crippen LogP contribution in [-0.4, -0.2) is 13.7 Å². The second kappa shape index (κ2) is 4.75. The first-order chi connectivity index (χ1) is 6.97. The Morgan fingerprint density at radius 1 is 1.53 bits per heavy atom. The van der Waals surface area contributed by atoms with Crippen molar-refractivity contribution in [2.24, 2.45) is 0 Å². The summed E-state index contributed by atoms with van der Waals surface area (Å²) >= 11 is 1.48. The minimum absolute atomic E-state index is 0.286. The number of nitrogens with one attached hydrogen (secondary N) is 1. The van der Waals surface area contributed by atoms with Crippen molar-refractivity contribution in [1.29, 1.82) is 5.26 Å². The summed E-state index contributed by atoms with van der Waals surface area (Å²) in [6, 6.07) is 5.14. The molecule has 2 unspecified atom stereocenters. The van der Waals surface area contributed by atoms with Gasteiger partial charge in [0.25, 0.3) is 0 Å². The molecule has 0 saturated heterocycles. The zero-order valence-corrected chi connectivity index (χ0v) is 10.1. The molecule has 0 amide bonds. The summed E-state index contributed by atoms with van der Waals surface area (Å²) in [7, 11) is -3.54. The van der Waals surface area contributed by atoms with Gasteiger partial charge in [-0.25, -0.2) is 13.1 Å². The lowest BCUT2D eigenvalue weighted by Crippen LogP contribution is -2.33. The van der Waals surface area contributed by atoms with E-state index in [0.29, 0.717) is 0 Å². The van der Waals surface area contributed by atoms with Crippen LogP contribution in [0.5, 0.6) is 0 Å². The Kier molecular flexibility index (Phi) is 3.85. The molecule has 2 atom stereocenters. The Hall–Kier alpha value is -0.900. The third-order valence-corrected chi connectivity index (χ3v) is 4.73. The molecule has 0 aliphatic rings. The van der Waals surface area contributed by atoms with Crippen LogP contribution in [0.15, 0.2) is 17.5 Å². The maximum absolute atomic E-state index is 11.5. The van der Waals surface area contributed by atoms with Gasteiger partial charge in [-0.3, -0.25) is 0 Å². The molecule has 0 aliphatic heterocycles. The van der Waals surface area contributed by atoms with Crippen molar-refractivity contribution in [2.45, 2.75) is 25.1 Å². The monoisotopic (exact) mass is 244 g/mol. The topological polar surface area (TPSA) is 70.0 Å². The van der Waals surface area contributed by atoms with Crippen LogP contribution < -0.4 is 4.72 Å². The molecule has 0 bridgehead atoms. The van der Waals surface area contributed by atoms with Gasteiger partial charge in [-0.1, -0.05) is 6.07 Å². The Balaban J connectivity index is 2.76. The minimum atomic E-state index is -3.54. The second-order valence-electron chi connectivity index (χ2n) is 3.17. The fourth-order valence-corrected chi connectivity index (χ4v) is 2.79. The normalized spacial score (nSPS) is 15.5. The number of hydrogen-bond acceptors (Lipinski definition) is 4. The van der Waals surface area contributed by atoms with E-state index in [4.69, 9.17) is 5.26 Å². The number of rotatable bonds is 4. The largest absolute Gasteiger partial charge is 0.228 e. The van der Waals surface area contributed by atoms with Crippen molar-refractivity contribution in [3.63, 3.8) is 0 Å². The van der Waals surface area contributed by atoms with Crippen LogP contribution in [-0.2, 0) is 10.0 Å². The van der Waals surface area contributed by atoms with Crippen LogP contribution in [0.2, 0.25) is 0 Å². The molecular weight excluding hydrogens is 232 g/mol. The average molecular weight is 244 g/mol. The van der Waals surface area contributed by atoms with E-state index >= 15 is 0 Å². The number of thiophene rings is 1. The van der Waals surface area contributed by atoms with E-state index < -0.39 is 15.3 Å².